The molecule has 0 spiro atoms. The van der Waals surface area contributed by atoms with Crippen molar-refractivity contribution in [3.8, 4) is 5.75 Å². The summed E-state index contributed by atoms with van der Waals surface area (Å²) in [7, 11) is 0. The van der Waals surface area contributed by atoms with Crippen LogP contribution in [0.5, 0.6) is 5.75 Å². The summed E-state index contributed by atoms with van der Waals surface area (Å²) in [6.45, 7) is 3.41. The van der Waals surface area contributed by atoms with Gasteiger partial charge in [0.1, 0.15) is 5.75 Å². The molecular weight excluding hydrogens is 364 g/mol. The van der Waals surface area contributed by atoms with Crippen LogP contribution in [0, 0.1) is 0 Å². The Labute approximate surface area is 153 Å². The third kappa shape index (κ3) is 4.98. The second kappa shape index (κ2) is 8.22. The van der Waals surface area contributed by atoms with Crippen LogP contribution in [0.15, 0.2) is 29.6 Å². The first kappa shape index (κ1) is 19.8. The van der Waals surface area contributed by atoms with E-state index in [9.17, 15) is 18.4 Å². The number of ether oxygens (including phenoxy) is 1. The minimum atomic E-state index is -3.80. The third-order valence-corrected chi connectivity index (χ3v) is 4.08. The minimum Gasteiger partial charge on any atom is -0.490 e. The number of para-hydroxylation sites is 1. The summed E-state index contributed by atoms with van der Waals surface area (Å²) < 4.78 is 34.6. The number of primary amides is 1. The van der Waals surface area contributed by atoms with Gasteiger partial charge in [-0.15, -0.1) is 11.3 Å². The maximum atomic E-state index is 14.6. The van der Waals surface area contributed by atoms with Crippen molar-refractivity contribution < 1.29 is 23.1 Å². The zero-order valence-corrected chi connectivity index (χ0v) is 15.1. The summed E-state index contributed by atoms with van der Waals surface area (Å²) in [5.41, 5.74) is 5.03. The van der Waals surface area contributed by atoms with E-state index in [4.69, 9.17) is 10.5 Å². The third-order valence-electron chi connectivity index (χ3n) is 3.27. The van der Waals surface area contributed by atoms with Crippen LogP contribution in [0.1, 0.15) is 31.5 Å². The molecule has 2 rings (SSSR count). The van der Waals surface area contributed by atoms with Crippen molar-refractivity contribution in [2.45, 2.75) is 38.7 Å². The zero-order valence-electron chi connectivity index (χ0n) is 14.3. The van der Waals surface area contributed by atoms with E-state index in [0.29, 0.717) is 5.69 Å². The number of hydrogen-bond donors (Lipinski definition) is 2. The monoisotopic (exact) mass is 383 g/mol. The number of halogens is 2. The summed E-state index contributed by atoms with van der Waals surface area (Å²) in [4.78, 5) is 26.9. The molecule has 0 saturated heterocycles. The number of aromatic nitrogens is 1. The SMILES string of the molecule is CC(C)Oc1ccccc1C(F)(F)C(=O)Nc1nc(CCC(N)=O)cs1. The maximum absolute atomic E-state index is 14.6. The van der Waals surface area contributed by atoms with E-state index in [1.807, 2.05) is 0 Å². The molecule has 2 amide bonds. The van der Waals surface area contributed by atoms with Crippen molar-refractivity contribution in [1.82, 2.24) is 4.98 Å². The predicted octanol–water partition coefficient (Wildman–Crippen LogP) is 3.08. The van der Waals surface area contributed by atoms with Crippen LogP contribution in [0.25, 0.3) is 0 Å². The number of benzene rings is 1. The van der Waals surface area contributed by atoms with E-state index in [1.54, 1.807) is 25.3 Å². The van der Waals surface area contributed by atoms with Crippen LogP contribution in [0.4, 0.5) is 13.9 Å². The Hall–Kier alpha value is -2.55. The molecule has 1 aromatic carbocycles. The molecule has 0 saturated carbocycles. The number of aryl methyl sites for hydroxylation is 1. The molecular formula is C17H19F2N3O3S. The number of alkyl halides is 2. The van der Waals surface area contributed by atoms with E-state index >= 15 is 0 Å². The minimum absolute atomic E-state index is 0.0244. The van der Waals surface area contributed by atoms with E-state index in [-0.39, 0.29) is 29.8 Å². The van der Waals surface area contributed by atoms with Crippen LogP contribution in [0.3, 0.4) is 0 Å². The summed E-state index contributed by atoms with van der Waals surface area (Å²) in [5, 5.41) is 3.72. The number of nitrogens with two attached hydrogens (primary N) is 1. The molecule has 9 heteroatoms. The van der Waals surface area contributed by atoms with Gasteiger partial charge in [0.25, 0.3) is 0 Å². The normalized spacial score (nSPS) is 11.4. The highest BCUT2D eigenvalue weighted by Gasteiger charge is 2.43. The van der Waals surface area contributed by atoms with Crippen molar-refractivity contribution >= 4 is 28.3 Å². The highest BCUT2D eigenvalue weighted by Crippen LogP contribution is 2.36. The number of amides is 2. The highest BCUT2D eigenvalue weighted by molar-refractivity contribution is 7.13. The average Bonchev–Trinajstić information content (AvgIpc) is 3.00. The Balaban J connectivity index is 2.14. The fourth-order valence-electron chi connectivity index (χ4n) is 2.11. The van der Waals surface area contributed by atoms with Crippen molar-refractivity contribution in [2.24, 2.45) is 5.73 Å². The van der Waals surface area contributed by atoms with Gasteiger partial charge in [-0.1, -0.05) is 12.1 Å². The first-order valence-electron chi connectivity index (χ1n) is 7.88. The number of hydrogen-bond acceptors (Lipinski definition) is 5. The number of nitrogens with one attached hydrogen (secondary N) is 1. The smallest absolute Gasteiger partial charge is 0.353 e. The first-order valence-corrected chi connectivity index (χ1v) is 8.76. The molecule has 140 valence electrons. The van der Waals surface area contributed by atoms with Gasteiger partial charge in [0, 0.05) is 11.8 Å². The fraction of sp³-hybridized carbons (Fsp3) is 0.353. The van der Waals surface area contributed by atoms with E-state index < -0.39 is 23.3 Å². The predicted molar refractivity (Wildman–Crippen MR) is 94.4 cm³/mol. The van der Waals surface area contributed by atoms with Crippen LogP contribution < -0.4 is 15.8 Å². The Morgan fingerprint density at radius 2 is 2.04 bits per heavy atom. The Morgan fingerprint density at radius 3 is 2.69 bits per heavy atom. The molecule has 2 aromatic rings. The topological polar surface area (TPSA) is 94.3 Å². The summed E-state index contributed by atoms with van der Waals surface area (Å²) in [6, 6.07) is 5.51. The summed E-state index contributed by atoms with van der Waals surface area (Å²) in [5.74, 6) is -5.85. The highest BCUT2D eigenvalue weighted by atomic mass is 32.1. The molecule has 26 heavy (non-hydrogen) atoms. The molecule has 0 aliphatic heterocycles. The lowest BCUT2D eigenvalue weighted by Crippen LogP contribution is -2.33. The van der Waals surface area contributed by atoms with Gasteiger partial charge >= 0.3 is 11.8 Å². The molecule has 0 aliphatic rings. The lowest BCUT2D eigenvalue weighted by Gasteiger charge is -2.20. The lowest BCUT2D eigenvalue weighted by molar-refractivity contribution is -0.141. The molecule has 0 atom stereocenters. The number of nitrogens with zero attached hydrogens (tertiary/aromatic N) is 1. The molecule has 6 nitrogen and oxygen atoms in total. The number of anilines is 1. The molecule has 3 N–H and O–H groups in total. The molecule has 1 heterocycles. The summed E-state index contributed by atoms with van der Waals surface area (Å²) >= 11 is 0.996. The summed E-state index contributed by atoms with van der Waals surface area (Å²) in [6.07, 6.45) is 0.0536. The molecule has 0 aliphatic carbocycles. The van der Waals surface area contributed by atoms with Crippen LogP contribution in [-0.2, 0) is 21.9 Å². The number of carbonyl (C=O) groups is 2. The molecule has 0 fully saturated rings. The number of thiazole rings is 1. The second-order valence-corrected chi connectivity index (χ2v) is 6.66. The van der Waals surface area contributed by atoms with E-state index in [1.165, 1.54) is 12.1 Å². The van der Waals surface area contributed by atoms with Gasteiger partial charge in [0.05, 0.1) is 17.4 Å². The molecule has 0 radical (unpaired) electrons. The molecule has 1 aromatic heterocycles. The van der Waals surface area contributed by atoms with Gasteiger partial charge in [0.15, 0.2) is 5.13 Å². The quantitative estimate of drug-likeness (QED) is 0.732. The average molecular weight is 383 g/mol. The van der Waals surface area contributed by atoms with Gasteiger partial charge in [-0.05, 0) is 32.4 Å². The van der Waals surface area contributed by atoms with Gasteiger partial charge < -0.3 is 10.5 Å². The van der Waals surface area contributed by atoms with Gasteiger partial charge in [-0.3, -0.25) is 14.9 Å². The molecule has 0 bridgehead atoms. The Kier molecular flexibility index (Phi) is 6.25. The van der Waals surface area contributed by atoms with Crippen LogP contribution in [0.2, 0.25) is 0 Å². The first-order chi connectivity index (χ1) is 12.2. The van der Waals surface area contributed by atoms with Crippen molar-refractivity contribution in [3.05, 3.63) is 40.9 Å². The van der Waals surface area contributed by atoms with Crippen LogP contribution in [-0.4, -0.2) is 22.9 Å². The lowest BCUT2D eigenvalue weighted by atomic mass is 10.1. The maximum Gasteiger partial charge on any atom is 0.353 e. The van der Waals surface area contributed by atoms with E-state index in [0.717, 1.165) is 17.4 Å². The van der Waals surface area contributed by atoms with Crippen LogP contribution >= 0.6 is 11.3 Å². The second-order valence-electron chi connectivity index (χ2n) is 5.80. The Bertz CT molecular complexity index is 793. The standard InChI is InChI=1S/C17H19F2N3O3S/c1-10(2)25-13-6-4-3-5-12(13)17(18,19)15(24)22-16-21-11(9-26-16)7-8-14(20)23/h3-6,9-10H,7-8H2,1-2H3,(H2,20,23)(H,21,22,24). The van der Waals surface area contributed by atoms with Crippen molar-refractivity contribution in [2.75, 3.05) is 5.32 Å². The van der Waals surface area contributed by atoms with Gasteiger partial charge in [-0.2, -0.15) is 8.78 Å². The number of rotatable bonds is 8. The van der Waals surface area contributed by atoms with Gasteiger partial charge in [-0.25, -0.2) is 4.98 Å². The number of carbonyl (C=O) groups excluding carboxylic acids is 2. The molecule has 0 unspecified atom stereocenters. The zero-order chi connectivity index (χ0) is 19.3. The van der Waals surface area contributed by atoms with E-state index in [2.05, 4.69) is 10.3 Å². The fourth-order valence-corrected chi connectivity index (χ4v) is 2.85. The van der Waals surface area contributed by atoms with Gasteiger partial charge in [0.2, 0.25) is 5.91 Å². The Morgan fingerprint density at radius 1 is 1.35 bits per heavy atom. The van der Waals surface area contributed by atoms with Crippen molar-refractivity contribution in [1.29, 1.82) is 0 Å². The van der Waals surface area contributed by atoms with Crippen molar-refractivity contribution in [3.63, 3.8) is 0 Å². The largest absolute Gasteiger partial charge is 0.490 e.